The Labute approximate surface area is 106 Å². The lowest BCUT2D eigenvalue weighted by Crippen LogP contribution is -2.46. The molecule has 2 N–H and O–H groups in total. The van der Waals surface area contributed by atoms with Gasteiger partial charge in [0, 0.05) is 13.1 Å². The molecule has 0 aromatic heterocycles. The standard InChI is InChI=1S/C13H17FN2O2/c14-11-3-1-10(2-4-11)7-16-8-12(5-6-15)18-9-13(16)17/h1-4,12H,5-9,15H2. The third-order valence-corrected chi connectivity index (χ3v) is 2.99. The normalized spacial score (nSPS) is 20.2. The summed E-state index contributed by atoms with van der Waals surface area (Å²) < 4.78 is 18.2. The van der Waals surface area contributed by atoms with Gasteiger partial charge in [-0.25, -0.2) is 4.39 Å². The first-order valence-electron chi connectivity index (χ1n) is 6.03. The van der Waals surface area contributed by atoms with Crippen molar-refractivity contribution >= 4 is 5.91 Å². The first-order chi connectivity index (χ1) is 8.69. The van der Waals surface area contributed by atoms with E-state index >= 15 is 0 Å². The lowest BCUT2D eigenvalue weighted by molar-refractivity contribution is -0.149. The van der Waals surface area contributed by atoms with Crippen molar-refractivity contribution in [2.24, 2.45) is 5.73 Å². The van der Waals surface area contributed by atoms with E-state index in [1.807, 2.05) is 0 Å². The molecule has 1 aromatic carbocycles. The molecule has 1 fully saturated rings. The van der Waals surface area contributed by atoms with Gasteiger partial charge in [-0.3, -0.25) is 4.79 Å². The molecular formula is C13H17FN2O2. The molecule has 0 saturated carbocycles. The van der Waals surface area contributed by atoms with Crippen LogP contribution in [-0.2, 0) is 16.1 Å². The van der Waals surface area contributed by atoms with Gasteiger partial charge in [-0.05, 0) is 30.7 Å². The van der Waals surface area contributed by atoms with Crippen LogP contribution in [0.5, 0.6) is 0 Å². The van der Waals surface area contributed by atoms with Crippen molar-refractivity contribution in [2.75, 3.05) is 19.7 Å². The van der Waals surface area contributed by atoms with Crippen LogP contribution in [0.25, 0.3) is 0 Å². The fourth-order valence-electron chi connectivity index (χ4n) is 2.00. The zero-order valence-corrected chi connectivity index (χ0v) is 10.1. The highest BCUT2D eigenvalue weighted by atomic mass is 19.1. The molecule has 1 atom stereocenters. The molecule has 1 unspecified atom stereocenters. The molecule has 0 bridgehead atoms. The first-order valence-corrected chi connectivity index (χ1v) is 6.03. The second-order valence-corrected chi connectivity index (χ2v) is 4.41. The van der Waals surface area contributed by atoms with Crippen LogP contribution in [0, 0.1) is 5.82 Å². The fourth-order valence-corrected chi connectivity index (χ4v) is 2.00. The summed E-state index contributed by atoms with van der Waals surface area (Å²) in [6.45, 7) is 1.69. The number of benzene rings is 1. The number of morpholine rings is 1. The zero-order valence-electron chi connectivity index (χ0n) is 10.1. The van der Waals surface area contributed by atoms with Crippen molar-refractivity contribution in [1.82, 2.24) is 4.90 Å². The van der Waals surface area contributed by atoms with Crippen LogP contribution in [0.2, 0.25) is 0 Å². The van der Waals surface area contributed by atoms with Gasteiger partial charge >= 0.3 is 0 Å². The van der Waals surface area contributed by atoms with Crippen LogP contribution in [0.1, 0.15) is 12.0 Å². The van der Waals surface area contributed by atoms with Gasteiger partial charge in [-0.15, -0.1) is 0 Å². The predicted molar refractivity (Wildman–Crippen MR) is 65.2 cm³/mol. The molecule has 1 aliphatic rings. The topological polar surface area (TPSA) is 55.6 Å². The molecule has 0 spiro atoms. The van der Waals surface area contributed by atoms with Gasteiger partial charge < -0.3 is 15.4 Å². The molecule has 1 amide bonds. The smallest absolute Gasteiger partial charge is 0.248 e. The largest absolute Gasteiger partial charge is 0.367 e. The number of hydrogen-bond donors (Lipinski definition) is 1. The summed E-state index contributed by atoms with van der Waals surface area (Å²) in [6.07, 6.45) is 0.751. The van der Waals surface area contributed by atoms with Crippen molar-refractivity contribution < 1.29 is 13.9 Å². The van der Waals surface area contributed by atoms with E-state index in [9.17, 15) is 9.18 Å². The van der Waals surface area contributed by atoms with E-state index in [2.05, 4.69) is 0 Å². The number of nitrogens with zero attached hydrogens (tertiary/aromatic N) is 1. The second-order valence-electron chi connectivity index (χ2n) is 4.41. The van der Waals surface area contributed by atoms with E-state index in [0.29, 0.717) is 19.6 Å². The highest BCUT2D eigenvalue weighted by molar-refractivity contribution is 5.78. The number of amides is 1. The Kier molecular flexibility index (Phi) is 4.28. The van der Waals surface area contributed by atoms with Crippen LogP contribution < -0.4 is 5.73 Å². The number of hydrogen-bond acceptors (Lipinski definition) is 3. The Morgan fingerprint density at radius 2 is 2.11 bits per heavy atom. The number of carbonyl (C=O) groups is 1. The maximum Gasteiger partial charge on any atom is 0.248 e. The highest BCUT2D eigenvalue weighted by Crippen LogP contribution is 2.13. The van der Waals surface area contributed by atoms with Crippen molar-refractivity contribution in [2.45, 2.75) is 19.1 Å². The number of nitrogens with two attached hydrogens (primary N) is 1. The number of carbonyl (C=O) groups excluding carboxylic acids is 1. The van der Waals surface area contributed by atoms with Crippen molar-refractivity contribution in [3.63, 3.8) is 0 Å². The Morgan fingerprint density at radius 1 is 1.39 bits per heavy atom. The van der Waals surface area contributed by atoms with Crippen molar-refractivity contribution in [3.05, 3.63) is 35.6 Å². The molecule has 1 heterocycles. The Morgan fingerprint density at radius 3 is 2.78 bits per heavy atom. The summed E-state index contributed by atoms with van der Waals surface area (Å²) in [6, 6.07) is 6.18. The second kappa shape index (κ2) is 5.93. The summed E-state index contributed by atoms with van der Waals surface area (Å²) in [7, 11) is 0. The zero-order chi connectivity index (χ0) is 13.0. The van der Waals surface area contributed by atoms with Crippen molar-refractivity contribution in [1.29, 1.82) is 0 Å². The first kappa shape index (κ1) is 13.0. The van der Waals surface area contributed by atoms with E-state index in [-0.39, 0.29) is 24.4 Å². The molecule has 0 radical (unpaired) electrons. The minimum Gasteiger partial charge on any atom is -0.367 e. The Bertz CT molecular complexity index is 408. The quantitative estimate of drug-likeness (QED) is 0.866. The Hall–Kier alpha value is -1.46. The van der Waals surface area contributed by atoms with Crippen LogP contribution in [0.4, 0.5) is 4.39 Å². The molecule has 0 aliphatic carbocycles. The molecule has 5 heteroatoms. The molecule has 18 heavy (non-hydrogen) atoms. The van der Waals surface area contributed by atoms with Crippen LogP contribution >= 0.6 is 0 Å². The summed E-state index contributed by atoms with van der Waals surface area (Å²) in [5.41, 5.74) is 6.40. The molecule has 2 rings (SSSR count). The lowest BCUT2D eigenvalue weighted by atomic mass is 10.1. The summed E-state index contributed by atoms with van der Waals surface area (Å²) in [5.74, 6) is -0.305. The van der Waals surface area contributed by atoms with Gasteiger partial charge in [-0.1, -0.05) is 12.1 Å². The predicted octanol–water partition coefficient (Wildman–Crippen LogP) is 0.902. The van der Waals surface area contributed by atoms with Gasteiger partial charge in [0.1, 0.15) is 12.4 Å². The number of ether oxygens (including phenoxy) is 1. The van der Waals surface area contributed by atoms with E-state index in [1.165, 1.54) is 12.1 Å². The lowest BCUT2D eigenvalue weighted by Gasteiger charge is -2.32. The monoisotopic (exact) mass is 252 g/mol. The van der Waals surface area contributed by atoms with E-state index in [1.54, 1.807) is 17.0 Å². The maximum absolute atomic E-state index is 12.8. The SMILES string of the molecule is NCCC1CN(Cc2ccc(F)cc2)C(=O)CO1. The molecule has 1 aromatic rings. The summed E-state index contributed by atoms with van der Waals surface area (Å²) in [4.78, 5) is 13.4. The maximum atomic E-state index is 12.8. The Balaban J connectivity index is 1.98. The molecule has 4 nitrogen and oxygen atoms in total. The average molecular weight is 252 g/mol. The van der Waals surface area contributed by atoms with Gasteiger partial charge in [0.05, 0.1) is 6.10 Å². The highest BCUT2D eigenvalue weighted by Gasteiger charge is 2.25. The van der Waals surface area contributed by atoms with E-state index in [4.69, 9.17) is 10.5 Å². The molecule has 1 aliphatic heterocycles. The number of halogens is 1. The van der Waals surface area contributed by atoms with Crippen LogP contribution in [-0.4, -0.2) is 36.6 Å². The molecule has 1 saturated heterocycles. The fraction of sp³-hybridized carbons (Fsp3) is 0.462. The van der Waals surface area contributed by atoms with Gasteiger partial charge in [0.2, 0.25) is 5.91 Å². The van der Waals surface area contributed by atoms with E-state index < -0.39 is 0 Å². The molecular weight excluding hydrogens is 235 g/mol. The molecule has 98 valence electrons. The van der Waals surface area contributed by atoms with Gasteiger partial charge in [0.25, 0.3) is 0 Å². The average Bonchev–Trinajstić information content (AvgIpc) is 2.36. The summed E-state index contributed by atoms with van der Waals surface area (Å²) in [5, 5.41) is 0. The third kappa shape index (κ3) is 3.27. The van der Waals surface area contributed by atoms with Crippen LogP contribution in [0.15, 0.2) is 24.3 Å². The minimum absolute atomic E-state index is 0.00754. The van der Waals surface area contributed by atoms with Gasteiger partial charge in [0.15, 0.2) is 0 Å². The minimum atomic E-state index is -0.270. The third-order valence-electron chi connectivity index (χ3n) is 2.99. The summed E-state index contributed by atoms with van der Waals surface area (Å²) >= 11 is 0. The van der Waals surface area contributed by atoms with Crippen molar-refractivity contribution in [3.8, 4) is 0 Å². The van der Waals surface area contributed by atoms with Gasteiger partial charge in [-0.2, -0.15) is 0 Å². The van der Waals surface area contributed by atoms with E-state index in [0.717, 1.165) is 12.0 Å². The number of rotatable bonds is 4. The van der Waals surface area contributed by atoms with Crippen LogP contribution in [0.3, 0.4) is 0 Å².